The number of piperidine rings is 1. The maximum absolute atomic E-state index is 12.8. The highest BCUT2D eigenvalue weighted by atomic mass is 16.4. The van der Waals surface area contributed by atoms with Crippen LogP contribution in [0.3, 0.4) is 0 Å². The Bertz CT molecular complexity index is 864. The number of carboxylic acid groups (broad SMARTS) is 1. The molecule has 1 saturated heterocycles. The van der Waals surface area contributed by atoms with Gasteiger partial charge in [-0.3, -0.25) is 19.6 Å². The maximum Gasteiger partial charge on any atom is 0.317 e. The summed E-state index contributed by atoms with van der Waals surface area (Å²) in [6, 6.07) is 6.36. The van der Waals surface area contributed by atoms with Gasteiger partial charge in [-0.2, -0.15) is 5.10 Å². The number of carboxylic acids is 1. The van der Waals surface area contributed by atoms with Crippen LogP contribution in [-0.4, -0.2) is 58.3 Å². The number of nitrogens with one attached hydrogen (secondary N) is 2. The van der Waals surface area contributed by atoms with Crippen molar-refractivity contribution in [2.24, 2.45) is 5.92 Å². The summed E-state index contributed by atoms with van der Waals surface area (Å²) in [6.45, 7) is 2.24. The molecule has 2 aliphatic rings. The van der Waals surface area contributed by atoms with Gasteiger partial charge in [-0.25, -0.2) is 0 Å². The molecular weight excluding hydrogens is 368 g/mol. The molecule has 0 atom stereocenters. The van der Waals surface area contributed by atoms with Crippen molar-refractivity contribution in [1.82, 2.24) is 20.4 Å². The Kier molecular flexibility index (Phi) is 6.13. The highest BCUT2D eigenvalue weighted by Gasteiger charge is 2.23. The van der Waals surface area contributed by atoms with Crippen LogP contribution in [0.2, 0.25) is 0 Å². The molecule has 0 radical (unpaired) electrons. The summed E-state index contributed by atoms with van der Waals surface area (Å²) in [5, 5.41) is 20.1. The molecule has 1 aliphatic carbocycles. The van der Waals surface area contributed by atoms with Crippen molar-refractivity contribution >= 4 is 22.8 Å². The van der Waals surface area contributed by atoms with E-state index >= 15 is 0 Å². The van der Waals surface area contributed by atoms with Crippen molar-refractivity contribution in [3.63, 3.8) is 0 Å². The summed E-state index contributed by atoms with van der Waals surface area (Å²) in [4.78, 5) is 25.6. The molecule has 4 rings (SSSR count). The van der Waals surface area contributed by atoms with Crippen molar-refractivity contribution < 1.29 is 14.7 Å². The summed E-state index contributed by atoms with van der Waals surface area (Å²) in [5.41, 5.74) is 2.69. The van der Waals surface area contributed by atoms with E-state index in [-0.39, 0.29) is 12.5 Å². The predicted molar refractivity (Wildman–Crippen MR) is 111 cm³/mol. The number of carbonyl (C=O) groups is 2. The number of benzene rings is 1. The highest BCUT2D eigenvalue weighted by molar-refractivity contribution is 6.04. The molecule has 7 heteroatoms. The third-order valence-electron chi connectivity index (χ3n) is 6.50. The number of carbonyl (C=O) groups excluding carboxylic acids is 1. The van der Waals surface area contributed by atoms with Gasteiger partial charge >= 0.3 is 5.97 Å². The molecule has 0 bridgehead atoms. The minimum absolute atomic E-state index is 0.0989. The lowest BCUT2D eigenvalue weighted by molar-refractivity contribution is -0.138. The summed E-state index contributed by atoms with van der Waals surface area (Å²) < 4.78 is 0. The van der Waals surface area contributed by atoms with Crippen molar-refractivity contribution in [3.8, 4) is 0 Å². The van der Waals surface area contributed by atoms with Crippen LogP contribution in [-0.2, 0) is 4.79 Å². The number of nitrogens with zero attached hydrogens (tertiary/aromatic N) is 2. The van der Waals surface area contributed by atoms with Gasteiger partial charge in [0.1, 0.15) is 0 Å². The fourth-order valence-electron chi connectivity index (χ4n) is 4.76. The number of hydrogen-bond acceptors (Lipinski definition) is 4. The van der Waals surface area contributed by atoms with E-state index in [9.17, 15) is 9.59 Å². The Morgan fingerprint density at radius 3 is 2.62 bits per heavy atom. The third kappa shape index (κ3) is 4.78. The maximum atomic E-state index is 12.8. The van der Waals surface area contributed by atoms with Crippen LogP contribution in [0.5, 0.6) is 0 Å². The zero-order valence-electron chi connectivity index (χ0n) is 16.8. The molecule has 1 aromatic heterocycles. The van der Waals surface area contributed by atoms with Gasteiger partial charge in [-0.15, -0.1) is 0 Å². The van der Waals surface area contributed by atoms with Gasteiger partial charge in [0.2, 0.25) is 0 Å². The summed E-state index contributed by atoms with van der Waals surface area (Å²) in [6.07, 6.45) is 8.16. The lowest BCUT2D eigenvalue weighted by Gasteiger charge is -2.30. The lowest BCUT2D eigenvalue weighted by Crippen LogP contribution is -2.40. The molecule has 0 unspecified atom stereocenters. The number of aromatic nitrogens is 2. The second-order valence-corrected chi connectivity index (χ2v) is 8.54. The Morgan fingerprint density at radius 2 is 1.90 bits per heavy atom. The lowest BCUT2D eigenvalue weighted by atomic mass is 9.84. The van der Waals surface area contributed by atoms with E-state index in [4.69, 9.17) is 5.11 Å². The van der Waals surface area contributed by atoms with Crippen LogP contribution in [0.25, 0.3) is 10.9 Å². The van der Waals surface area contributed by atoms with Crippen LogP contribution in [0, 0.1) is 5.92 Å². The van der Waals surface area contributed by atoms with Crippen LogP contribution < -0.4 is 5.32 Å². The first-order chi connectivity index (χ1) is 14.1. The molecule has 3 N–H and O–H groups in total. The monoisotopic (exact) mass is 398 g/mol. The molecule has 7 nitrogen and oxygen atoms in total. The molecule has 0 spiro atoms. The standard InChI is InChI=1S/C22H30N4O3/c27-20(28)14-26-10-8-15(9-11-26)13-23-22(29)21-18-12-17(6-7-19(18)24-25-21)16-4-2-1-3-5-16/h6-7,12,15-16H,1-5,8-11,13-14H2,(H,23,29)(H,24,25)(H,27,28). The number of fused-ring (bicyclic) bond motifs is 1. The first kappa shape index (κ1) is 19.9. The molecule has 1 aromatic carbocycles. The van der Waals surface area contributed by atoms with Crippen LogP contribution in [0.15, 0.2) is 18.2 Å². The second kappa shape index (κ2) is 8.95. The number of H-pyrrole nitrogens is 1. The van der Waals surface area contributed by atoms with Crippen molar-refractivity contribution in [2.45, 2.75) is 50.9 Å². The van der Waals surface area contributed by atoms with E-state index in [1.54, 1.807) is 0 Å². The molecule has 1 saturated carbocycles. The van der Waals surface area contributed by atoms with Gasteiger partial charge in [0.15, 0.2) is 5.69 Å². The number of aromatic amines is 1. The van der Waals surface area contributed by atoms with Gasteiger partial charge in [0.05, 0.1) is 12.1 Å². The molecule has 2 heterocycles. The zero-order chi connectivity index (χ0) is 20.2. The smallest absolute Gasteiger partial charge is 0.317 e. The van der Waals surface area contributed by atoms with E-state index in [0.717, 1.165) is 36.8 Å². The number of rotatable bonds is 6. The van der Waals surface area contributed by atoms with E-state index in [1.807, 2.05) is 11.0 Å². The topological polar surface area (TPSA) is 98.3 Å². The SMILES string of the molecule is O=C(O)CN1CCC(CNC(=O)c2n[nH]c3ccc(C4CCCCC4)cc23)CC1. The van der Waals surface area contributed by atoms with Crippen molar-refractivity contribution in [3.05, 3.63) is 29.5 Å². The van der Waals surface area contributed by atoms with Crippen LogP contribution in [0.4, 0.5) is 0 Å². The molecule has 1 amide bonds. The fraction of sp³-hybridized carbons (Fsp3) is 0.591. The molecule has 2 aromatic rings. The van der Waals surface area contributed by atoms with Crippen molar-refractivity contribution in [1.29, 1.82) is 0 Å². The van der Waals surface area contributed by atoms with E-state index in [1.165, 1.54) is 37.7 Å². The van der Waals surface area contributed by atoms with Gasteiger partial charge < -0.3 is 10.4 Å². The molecular formula is C22H30N4O3. The highest BCUT2D eigenvalue weighted by Crippen LogP contribution is 2.34. The largest absolute Gasteiger partial charge is 0.480 e. The fourth-order valence-corrected chi connectivity index (χ4v) is 4.76. The Balaban J connectivity index is 1.36. The normalized spacial score (nSPS) is 19.4. The summed E-state index contributed by atoms with van der Waals surface area (Å²) in [5.74, 6) is 0.0571. The average molecular weight is 399 g/mol. The minimum Gasteiger partial charge on any atom is -0.480 e. The third-order valence-corrected chi connectivity index (χ3v) is 6.50. The Labute approximate surface area is 170 Å². The first-order valence-corrected chi connectivity index (χ1v) is 10.8. The summed E-state index contributed by atoms with van der Waals surface area (Å²) >= 11 is 0. The van der Waals surface area contributed by atoms with Gasteiger partial charge in [-0.05, 0) is 68.3 Å². The first-order valence-electron chi connectivity index (χ1n) is 10.8. The van der Waals surface area contributed by atoms with Gasteiger partial charge in [0.25, 0.3) is 5.91 Å². The zero-order valence-corrected chi connectivity index (χ0v) is 16.8. The average Bonchev–Trinajstić information content (AvgIpc) is 3.16. The quantitative estimate of drug-likeness (QED) is 0.694. The second-order valence-electron chi connectivity index (χ2n) is 8.54. The Hall–Kier alpha value is -2.41. The number of amides is 1. The van der Waals surface area contributed by atoms with E-state index in [2.05, 4.69) is 27.6 Å². The van der Waals surface area contributed by atoms with E-state index in [0.29, 0.717) is 24.1 Å². The van der Waals surface area contributed by atoms with Gasteiger partial charge in [0, 0.05) is 11.9 Å². The predicted octanol–water partition coefficient (Wildman–Crippen LogP) is 3.14. The van der Waals surface area contributed by atoms with Crippen molar-refractivity contribution in [2.75, 3.05) is 26.2 Å². The molecule has 2 fully saturated rings. The molecule has 1 aliphatic heterocycles. The minimum atomic E-state index is -0.783. The van der Waals surface area contributed by atoms with Gasteiger partial charge in [-0.1, -0.05) is 25.3 Å². The Morgan fingerprint density at radius 1 is 1.14 bits per heavy atom. The van der Waals surface area contributed by atoms with Crippen LogP contribution >= 0.6 is 0 Å². The number of aliphatic carboxylic acids is 1. The summed E-state index contributed by atoms with van der Waals surface area (Å²) in [7, 11) is 0. The van der Waals surface area contributed by atoms with E-state index < -0.39 is 5.97 Å². The molecule has 156 valence electrons. The number of likely N-dealkylation sites (tertiary alicyclic amines) is 1. The number of hydrogen-bond donors (Lipinski definition) is 3. The molecule has 29 heavy (non-hydrogen) atoms. The van der Waals surface area contributed by atoms with Crippen LogP contribution in [0.1, 0.15) is 66.9 Å².